The lowest BCUT2D eigenvalue weighted by Crippen LogP contribution is -2.43. The fourth-order valence-corrected chi connectivity index (χ4v) is 3.35. The molecule has 1 aliphatic heterocycles. The first-order chi connectivity index (χ1) is 13.8. The Morgan fingerprint density at radius 3 is 2.34 bits per heavy atom. The van der Waals surface area contributed by atoms with Gasteiger partial charge in [0.05, 0.1) is 24.7 Å². The molecule has 2 N–H and O–H groups in total. The van der Waals surface area contributed by atoms with Crippen LogP contribution in [0.25, 0.3) is 0 Å². The number of esters is 1. The van der Waals surface area contributed by atoms with Crippen LogP contribution in [0.1, 0.15) is 30.9 Å². The summed E-state index contributed by atoms with van der Waals surface area (Å²) in [6.07, 6.45) is 0. The maximum atomic E-state index is 13.0. The average molecular weight is 401 g/mol. The molecule has 0 amide bonds. The molecule has 29 heavy (non-hydrogen) atoms. The second-order valence-electron chi connectivity index (χ2n) is 6.46. The average Bonchev–Trinajstić information content (AvgIpc) is 2.70. The van der Waals surface area contributed by atoms with E-state index in [1.165, 1.54) is 18.7 Å². The minimum Gasteiger partial charge on any atom is -0.494 e. The molecule has 0 radical (unpaired) electrons. The molecule has 1 aromatic carbocycles. The number of nitrogens with zero attached hydrogens (tertiary/aromatic N) is 2. The van der Waals surface area contributed by atoms with Gasteiger partial charge < -0.3 is 19.9 Å². The monoisotopic (exact) mass is 401 g/mol. The lowest BCUT2D eigenvalue weighted by atomic mass is 9.84. The normalized spacial score (nSPS) is 15.5. The summed E-state index contributed by atoms with van der Waals surface area (Å²) in [7, 11) is 2.84. The smallest absolute Gasteiger partial charge is 0.340 e. The van der Waals surface area contributed by atoms with Gasteiger partial charge in [-0.25, -0.2) is 9.59 Å². The first-order valence-electron chi connectivity index (χ1n) is 9.19. The quantitative estimate of drug-likeness (QED) is 0.735. The largest absolute Gasteiger partial charge is 0.494 e. The molecule has 1 aromatic heterocycles. The lowest BCUT2D eigenvalue weighted by Gasteiger charge is -2.29. The highest BCUT2D eigenvalue weighted by Gasteiger charge is 2.39. The van der Waals surface area contributed by atoms with Gasteiger partial charge in [-0.3, -0.25) is 13.9 Å². The summed E-state index contributed by atoms with van der Waals surface area (Å²) < 4.78 is 18.3. The van der Waals surface area contributed by atoms with Gasteiger partial charge in [-0.15, -0.1) is 0 Å². The summed E-state index contributed by atoms with van der Waals surface area (Å²) in [6.45, 7) is 4.17. The number of fused-ring (bicyclic) bond motifs is 1. The minimum atomic E-state index is -0.862. The minimum absolute atomic E-state index is 0.00235. The van der Waals surface area contributed by atoms with Crippen LogP contribution in [0.5, 0.6) is 11.6 Å². The van der Waals surface area contributed by atoms with Crippen LogP contribution in [-0.4, -0.2) is 28.3 Å². The highest BCUT2D eigenvalue weighted by Crippen LogP contribution is 2.40. The molecule has 0 unspecified atom stereocenters. The predicted octanol–water partition coefficient (Wildman–Crippen LogP) is 0.740. The van der Waals surface area contributed by atoms with E-state index in [-0.39, 0.29) is 29.5 Å². The third-order valence-electron chi connectivity index (χ3n) is 4.71. The molecule has 0 bridgehead atoms. The van der Waals surface area contributed by atoms with Crippen molar-refractivity contribution in [1.29, 1.82) is 0 Å². The zero-order chi connectivity index (χ0) is 21.3. The number of carbonyl (C=O) groups excluding carboxylic acids is 1. The van der Waals surface area contributed by atoms with Crippen LogP contribution in [0.4, 0.5) is 0 Å². The molecule has 3 rings (SSSR count). The van der Waals surface area contributed by atoms with Crippen LogP contribution in [0.3, 0.4) is 0 Å². The number of hydrogen-bond acceptors (Lipinski definition) is 7. The van der Waals surface area contributed by atoms with Gasteiger partial charge in [-0.1, -0.05) is 12.1 Å². The molecule has 2 heterocycles. The van der Waals surface area contributed by atoms with Gasteiger partial charge in [-0.2, -0.15) is 0 Å². The number of ether oxygens (including phenoxy) is 3. The van der Waals surface area contributed by atoms with Crippen LogP contribution >= 0.6 is 0 Å². The molecule has 154 valence electrons. The maximum Gasteiger partial charge on any atom is 0.340 e. The first kappa shape index (κ1) is 20.2. The van der Waals surface area contributed by atoms with E-state index >= 15 is 0 Å². The van der Waals surface area contributed by atoms with Crippen molar-refractivity contribution in [3.63, 3.8) is 0 Å². The summed E-state index contributed by atoms with van der Waals surface area (Å²) in [5, 5.41) is 0. The van der Waals surface area contributed by atoms with E-state index in [0.717, 1.165) is 4.57 Å². The van der Waals surface area contributed by atoms with Crippen molar-refractivity contribution in [3.05, 3.63) is 67.7 Å². The molecule has 0 spiro atoms. The topological polar surface area (TPSA) is 115 Å². The molecule has 2 aromatic rings. The van der Waals surface area contributed by atoms with Gasteiger partial charge in [0.1, 0.15) is 11.3 Å². The number of hydrogen-bond donors (Lipinski definition) is 1. The zero-order valence-corrected chi connectivity index (χ0v) is 16.7. The molecule has 9 heteroatoms. The summed E-state index contributed by atoms with van der Waals surface area (Å²) in [6, 6.07) is 6.95. The van der Waals surface area contributed by atoms with Crippen LogP contribution < -0.4 is 26.5 Å². The Morgan fingerprint density at radius 2 is 1.76 bits per heavy atom. The molecular formula is C20H23N3O6. The Balaban J connectivity index is 2.30. The molecule has 9 nitrogen and oxygen atoms in total. The summed E-state index contributed by atoms with van der Waals surface area (Å²) in [4.78, 5) is 38.0. The van der Waals surface area contributed by atoms with E-state index in [2.05, 4.69) is 0 Å². The van der Waals surface area contributed by atoms with Crippen LogP contribution in [0.2, 0.25) is 0 Å². The number of carbonyl (C=O) groups is 1. The molecule has 1 atom stereocenters. The van der Waals surface area contributed by atoms with Crippen molar-refractivity contribution in [3.8, 4) is 11.6 Å². The Kier molecular flexibility index (Phi) is 5.49. The summed E-state index contributed by atoms with van der Waals surface area (Å²) >= 11 is 0. The van der Waals surface area contributed by atoms with Crippen molar-refractivity contribution in [2.24, 2.45) is 19.8 Å². The van der Waals surface area contributed by atoms with E-state index in [0.29, 0.717) is 17.9 Å². The number of nitrogens with two attached hydrogens (primary N) is 1. The fraction of sp³-hybridized carbons (Fsp3) is 0.350. The van der Waals surface area contributed by atoms with E-state index in [1.54, 1.807) is 31.2 Å². The standard InChI is InChI=1S/C20H23N3O6/c1-5-27-12-9-7-11(8-10-12)13-14(19(25)28-6-2)16(21)29-18-15(13)17(24)22(3)20(26)23(18)4/h7-10,13H,5-6,21H2,1-4H3/t13-/m0/s1. The summed E-state index contributed by atoms with van der Waals surface area (Å²) in [5.74, 6) is -1.11. The Hall–Kier alpha value is -3.49. The van der Waals surface area contributed by atoms with Gasteiger partial charge in [-0.05, 0) is 31.5 Å². The van der Waals surface area contributed by atoms with Gasteiger partial charge in [0, 0.05) is 14.1 Å². The SMILES string of the molecule is CCOC(=O)C1=C(N)Oc2c(c(=O)n(C)c(=O)n2C)[C@H]1c1ccc(OCC)cc1. The van der Waals surface area contributed by atoms with Crippen LogP contribution in [-0.2, 0) is 23.6 Å². The van der Waals surface area contributed by atoms with Crippen LogP contribution in [0.15, 0.2) is 45.3 Å². The zero-order valence-electron chi connectivity index (χ0n) is 16.7. The lowest BCUT2D eigenvalue weighted by molar-refractivity contribution is -0.139. The van der Waals surface area contributed by atoms with Gasteiger partial charge in [0.2, 0.25) is 11.8 Å². The molecule has 0 fully saturated rings. The fourth-order valence-electron chi connectivity index (χ4n) is 3.35. The first-order valence-corrected chi connectivity index (χ1v) is 9.19. The molecule has 0 aliphatic carbocycles. The van der Waals surface area contributed by atoms with Gasteiger partial charge >= 0.3 is 11.7 Å². The van der Waals surface area contributed by atoms with Crippen molar-refractivity contribution < 1.29 is 19.0 Å². The third-order valence-corrected chi connectivity index (χ3v) is 4.71. The van der Waals surface area contributed by atoms with Gasteiger partial charge in [0.15, 0.2) is 0 Å². The summed E-state index contributed by atoms with van der Waals surface area (Å²) in [5.41, 5.74) is 5.67. The molecular weight excluding hydrogens is 378 g/mol. The highest BCUT2D eigenvalue weighted by atomic mass is 16.5. The molecule has 1 aliphatic rings. The van der Waals surface area contributed by atoms with E-state index < -0.39 is 23.1 Å². The number of aromatic nitrogens is 2. The Morgan fingerprint density at radius 1 is 1.10 bits per heavy atom. The van der Waals surface area contributed by atoms with Crippen molar-refractivity contribution in [2.45, 2.75) is 19.8 Å². The van der Waals surface area contributed by atoms with Crippen molar-refractivity contribution in [2.75, 3.05) is 13.2 Å². The van der Waals surface area contributed by atoms with E-state index in [1.807, 2.05) is 6.92 Å². The maximum absolute atomic E-state index is 13.0. The molecule has 0 saturated carbocycles. The van der Waals surface area contributed by atoms with Gasteiger partial charge in [0.25, 0.3) is 5.56 Å². The van der Waals surface area contributed by atoms with Crippen molar-refractivity contribution >= 4 is 5.97 Å². The van der Waals surface area contributed by atoms with E-state index in [9.17, 15) is 14.4 Å². The number of rotatable bonds is 5. The second-order valence-corrected chi connectivity index (χ2v) is 6.46. The second kappa shape index (κ2) is 7.86. The van der Waals surface area contributed by atoms with Crippen molar-refractivity contribution in [1.82, 2.24) is 9.13 Å². The predicted molar refractivity (Wildman–Crippen MR) is 105 cm³/mol. The highest BCUT2D eigenvalue weighted by molar-refractivity contribution is 5.92. The third kappa shape index (κ3) is 3.39. The number of benzene rings is 1. The Labute approximate surface area is 166 Å². The van der Waals surface area contributed by atoms with Crippen LogP contribution in [0, 0.1) is 0 Å². The molecule has 0 saturated heterocycles. The Bertz CT molecular complexity index is 1090. The van der Waals surface area contributed by atoms with E-state index in [4.69, 9.17) is 19.9 Å².